The van der Waals surface area contributed by atoms with Gasteiger partial charge in [-0.15, -0.1) is 0 Å². The summed E-state index contributed by atoms with van der Waals surface area (Å²) < 4.78 is 0.696. The summed E-state index contributed by atoms with van der Waals surface area (Å²) in [5.74, 6) is -0.889. The number of aliphatic hydroxyl groups is 1. The van der Waals surface area contributed by atoms with Crippen molar-refractivity contribution in [1.82, 2.24) is 0 Å². The van der Waals surface area contributed by atoms with Crippen LogP contribution in [0.25, 0.3) is 10.8 Å². The number of hydrogen-bond acceptors (Lipinski definition) is 3. The van der Waals surface area contributed by atoms with E-state index < -0.39 is 11.5 Å². The van der Waals surface area contributed by atoms with Crippen molar-refractivity contribution >= 4 is 67.3 Å². The number of nitrogens with zero attached hydrogens (tertiary/aromatic N) is 1. The summed E-state index contributed by atoms with van der Waals surface area (Å²) >= 11 is 15.8. The molecule has 0 bridgehead atoms. The zero-order valence-electron chi connectivity index (χ0n) is 17.8. The highest BCUT2D eigenvalue weighted by atomic mass is 79.9. The van der Waals surface area contributed by atoms with E-state index in [1.54, 1.807) is 48.5 Å². The van der Waals surface area contributed by atoms with Crippen molar-refractivity contribution in [3.05, 3.63) is 110 Å². The summed E-state index contributed by atoms with van der Waals surface area (Å²) in [5, 5.41) is 14.5. The maximum atomic E-state index is 13.6. The first-order valence-electron chi connectivity index (χ1n) is 10.6. The van der Waals surface area contributed by atoms with Crippen LogP contribution in [0.1, 0.15) is 27.9 Å². The van der Waals surface area contributed by atoms with Gasteiger partial charge in [-0.2, -0.15) is 0 Å². The predicted octanol–water partition coefficient (Wildman–Crippen LogP) is 6.92. The highest BCUT2D eigenvalue weighted by molar-refractivity contribution is 9.10. The summed E-state index contributed by atoms with van der Waals surface area (Å²) in [5.41, 5.74) is 0.0361. The van der Waals surface area contributed by atoms with E-state index in [1.165, 1.54) is 4.90 Å². The van der Waals surface area contributed by atoms with E-state index in [9.17, 15) is 14.7 Å². The van der Waals surface area contributed by atoms with Gasteiger partial charge in [-0.05, 0) is 52.7 Å². The maximum absolute atomic E-state index is 13.6. The zero-order valence-corrected chi connectivity index (χ0v) is 20.9. The zero-order chi connectivity index (χ0) is 24.0. The lowest BCUT2D eigenvalue weighted by molar-refractivity contribution is -0.136. The summed E-state index contributed by atoms with van der Waals surface area (Å²) in [6, 6.07) is 23.4. The number of hydrogen-bond donors (Lipinski definition) is 1. The minimum Gasteiger partial charge on any atom is -0.375 e. The number of carbonyl (C=O) groups excluding carboxylic acids is 2. The Bertz CT molecular complexity index is 1470. The van der Waals surface area contributed by atoms with Crippen LogP contribution in [0.4, 0.5) is 5.69 Å². The summed E-state index contributed by atoms with van der Waals surface area (Å²) in [6.07, 6.45) is -0.377. The molecule has 0 aliphatic carbocycles. The van der Waals surface area contributed by atoms with Gasteiger partial charge in [-0.25, -0.2) is 0 Å². The van der Waals surface area contributed by atoms with E-state index in [2.05, 4.69) is 15.9 Å². The first-order chi connectivity index (χ1) is 16.3. The molecule has 1 aliphatic rings. The Morgan fingerprint density at radius 3 is 2.47 bits per heavy atom. The number of rotatable bonds is 5. The second-order valence-electron chi connectivity index (χ2n) is 8.31. The number of halogens is 3. The van der Waals surface area contributed by atoms with Gasteiger partial charge in [0.05, 0.1) is 18.7 Å². The minimum absolute atomic E-state index is 0.135. The van der Waals surface area contributed by atoms with Crippen LogP contribution in [0.3, 0.4) is 0 Å². The molecule has 1 unspecified atom stereocenters. The predicted molar refractivity (Wildman–Crippen MR) is 139 cm³/mol. The van der Waals surface area contributed by atoms with Crippen molar-refractivity contribution in [2.24, 2.45) is 0 Å². The van der Waals surface area contributed by atoms with Gasteiger partial charge in [0.2, 0.25) is 0 Å². The second-order valence-corrected chi connectivity index (χ2v) is 10.1. The standard InChI is InChI=1S/C27H18BrCl2NO3/c28-20-8-10-24-22(12-20)27(34,26(33)31(24)15-19-7-9-21(29)13-23(19)30)14-25(32)18-6-5-16-3-1-2-4-17(16)11-18/h1-13,34H,14-15H2. The SMILES string of the molecule is O=C(CC1(O)C(=O)N(Cc2ccc(Cl)cc2Cl)c2ccc(Br)cc21)c1ccc2ccccc2c1. The highest BCUT2D eigenvalue weighted by Gasteiger charge is 2.51. The van der Waals surface area contributed by atoms with Crippen LogP contribution in [0.5, 0.6) is 0 Å². The Balaban J connectivity index is 1.51. The average molecular weight is 555 g/mol. The first kappa shape index (κ1) is 23.1. The van der Waals surface area contributed by atoms with Gasteiger partial charge in [-0.1, -0.05) is 81.6 Å². The Morgan fingerprint density at radius 1 is 0.941 bits per heavy atom. The second kappa shape index (κ2) is 8.82. The number of anilines is 1. The van der Waals surface area contributed by atoms with Gasteiger partial charge in [-0.3, -0.25) is 9.59 Å². The van der Waals surface area contributed by atoms with E-state index in [0.717, 1.165) is 10.8 Å². The third-order valence-electron chi connectivity index (χ3n) is 6.13. The fraction of sp³-hybridized carbons (Fsp3) is 0.111. The summed E-state index contributed by atoms with van der Waals surface area (Å²) in [7, 11) is 0. The molecule has 0 fully saturated rings. The van der Waals surface area contributed by atoms with Gasteiger partial charge in [0.25, 0.3) is 5.91 Å². The van der Waals surface area contributed by atoms with Gasteiger partial charge in [0.1, 0.15) is 0 Å². The molecular formula is C27H18BrCl2NO3. The molecule has 170 valence electrons. The molecule has 1 atom stereocenters. The molecule has 5 rings (SSSR count). The summed E-state index contributed by atoms with van der Waals surface area (Å²) in [4.78, 5) is 28.3. The number of benzene rings is 4. The van der Waals surface area contributed by atoms with E-state index in [1.807, 2.05) is 30.3 Å². The van der Waals surface area contributed by atoms with Crippen LogP contribution >= 0.6 is 39.1 Å². The Labute approximate surface area is 214 Å². The molecule has 0 saturated carbocycles. The van der Waals surface area contributed by atoms with Crippen LogP contribution < -0.4 is 4.90 Å². The van der Waals surface area contributed by atoms with Crippen LogP contribution in [0.15, 0.2) is 83.3 Å². The summed E-state index contributed by atoms with van der Waals surface area (Å²) in [6.45, 7) is 0.135. The third-order valence-corrected chi connectivity index (χ3v) is 7.21. The quantitative estimate of drug-likeness (QED) is 0.272. The lowest BCUT2D eigenvalue weighted by Gasteiger charge is -2.23. The normalized spacial score (nSPS) is 17.3. The van der Waals surface area contributed by atoms with Crippen molar-refractivity contribution < 1.29 is 14.7 Å². The monoisotopic (exact) mass is 553 g/mol. The Hall–Kier alpha value is -2.70. The van der Waals surface area contributed by atoms with Gasteiger partial charge in [0.15, 0.2) is 11.4 Å². The van der Waals surface area contributed by atoms with E-state index in [0.29, 0.717) is 36.9 Å². The van der Waals surface area contributed by atoms with Crippen LogP contribution in [0.2, 0.25) is 10.0 Å². The highest BCUT2D eigenvalue weighted by Crippen LogP contribution is 2.45. The van der Waals surface area contributed by atoms with E-state index in [-0.39, 0.29) is 18.7 Å². The molecule has 1 heterocycles. The fourth-order valence-electron chi connectivity index (χ4n) is 4.37. The lowest BCUT2D eigenvalue weighted by Crippen LogP contribution is -2.41. The smallest absolute Gasteiger partial charge is 0.264 e. The fourth-order valence-corrected chi connectivity index (χ4v) is 5.20. The Morgan fingerprint density at radius 2 is 1.71 bits per heavy atom. The molecular weight excluding hydrogens is 537 g/mol. The van der Waals surface area contributed by atoms with Crippen molar-refractivity contribution in [1.29, 1.82) is 0 Å². The van der Waals surface area contributed by atoms with Gasteiger partial charge >= 0.3 is 0 Å². The van der Waals surface area contributed by atoms with Gasteiger partial charge < -0.3 is 10.0 Å². The molecule has 4 nitrogen and oxygen atoms in total. The number of fused-ring (bicyclic) bond motifs is 2. The molecule has 4 aromatic carbocycles. The van der Waals surface area contributed by atoms with Crippen LogP contribution in [-0.4, -0.2) is 16.8 Å². The van der Waals surface area contributed by atoms with E-state index in [4.69, 9.17) is 23.2 Å². The van der Waals surface area contributed by atoms with Crippen molar-refractivity contribution in [3.8, 4) is 0 Å². The van der Waals surface area contributed by atoms with Gasteiger partial charge in [0, 0.05) is 25.6 Å². The van der Waals surface area contributed by atoms with Crippen LogP contribution in [0, 0.1) is 0 Å². The third kappa shape index (κ3) is 4.03. The van der Waals surface area contributed by atoms with E-state index >= 15 is 0 Å². The molecule has 1 amide bonds. The topological polar surface area (TPSA) is 57.6 Å². The van der Waals surface area contributed by atoms with Crippen molar-refractivity contribution in [2.75, 3.05) is 4.90 Å². The number of Topliss-reactive ketones (excluding diaryl/α,β-unsaturated/α-hetero) is 1. The number of amides is 1. The minimum atomic E-state index is -2.00. The van der Waals surface area contributed by atoms with Crippen molar-refractivity contribution in [2.45, 2.75) is 18.6 Å². The molecule has 7 heteroatoms. The first-order valence-corrected chi connectivity index (χ1v) is 12.1. The Kier molecular flexibility index (Phi) is 5.98. The lowest BCUT2D eigenvalue weighted by atomic mass is 9.87. The molecule has 1 N–H and O–H groups in total. The molecule has 0 radical (unpaired) electrons. The largest absolute Gasteiger partial charge is 0.375 e. The molecule has 0 saturated heterocycles. The molecule has 4 aromatic rings. The molecule has 34 heavy (non-hydrogen) atoms. The van der Waals surface area contributed by atoms with Crippen molar-refractivity contribution in [3.63, 3.8) is 0 Å². The number of ketones is 1. The molecule has 0 spiro atoms. The number of carbonyl (C=O) groups is 2. The maximum Gasteiger partial charge on any atom is 0.264 e. The average Bonchev–Trinajstić information content (AvgIpc) is 3.01. The van der Waals surface area contributed by atoms with Crippen LogP contribution in [-0.2, 0) is 16.9 Å². The molecule has 0 aromatic heterocycles. The molecule has 1 aliphatic heterocycles.